The molecule has 4 rings (SSSR count). The first-order valence-corrected chi connectivity index (χ1v) is 13.9. The topological polar surface area (TPSA) is 104 Å². The van der Waals surface area contributed by atoms with Gasteiger partial charge in [0.15, 0.2) is 0 Å². The van der Waals surface area contributed by atoms with Crippen LogP contribution in [0.5, 0.6) is 0 Å². The van der Waals surface area contributed by atoms with Gasteiger partial charge >= 0.3 is 0 Å². The molecule has 1 aromatic carbocycles. The normalized spacial score (nSPS) is 16.5. The van der Waals surface area contributed by atoms with Crippen molar-refractivity contribution in [1.82, 2.24) is 19.2 Å². The van der Waals surface area contributed by atoms with E-state index in [0.717, 1.165) is 40.7 Å². The summed E-state index contributed by atoms with van der Waals surface area (Å²) in [5, 5.41) is 3.83. The van der Waals surface area contributed by atoms with Gasteiger partial charge in [0.2, 0.25) is 10.0 Å². The van der Waals surface area contributed by atoms with E-state index in [2.05, 4.69) is 21.8 Å². The van der Waals surface area contributed by atoms with Crippen LogP contribution in [0.2, 0.25) is 0 Å². The number of nitrogens with zero attached hydrogens (tertiary/aromatic N) is 2. The molecule has 1 saturated heterocycles. The number of aromatic nitrogens is 2. The summed E-state index contributed by atoms with van der Waals surface area (Å²) in [6, 6.07) is 9.87. The van der Waals surface area contributed by atoms with Gasteiger partial charge in [-0.1, -0.05) is 18.2 Å². The van der Waals surface area contributed by atoms with E-state index in [1.807, 2.05) is 51.1 Å². The zero-order valence-electron chi connectivity index (χ0n) is 21.0. The lowest BCUT2D eigenvalue weighted by Gasteiger charge is -2.35. The summed E-state index contributed by atoms with van der Waals surface area (Å²) in [7, 11) is -3.18. The van der Waals surface area contributed by atoms with Gasteiger partial charge in [0.25, 0.3) is 11.5 Å². The first kappa shape index (κ1) is 25.2. The Labute approximate surface area is 206 Å². The fraction of sp³-hybridized carbons (Fsp3) is 0.462. The Hall–Kier alpha value is -2.91. The van der Waals surface area contributed by atoms with Crippen molar-refractivity contribution in [1.29, 1.82) is 0 Å². The van der Waals surface area contributed by atoms with Crippen molar-refractivity contribution in [3.63, 3.8) is 0 Å². The molecular weight excluding hydrogens is 464 g/mol. The smallest absolute Gasteiger partial charge is 0.254 e. The standard InChI is InChI=1S/C26H34N4O4S/c1-16-14-17(2)28-25(31)22(16)15-27-26(32)24-19(4)30(23-9-7-6-8-21(23)24)18(3)20-10-12-29(13-11-20)35(5,33)34/h6-9,14,18,20H,10-13,15H2,1-5H3,(H,27,32)(H,28,31). The number of rotatable bonds is 6. The number of fused-ring (bicyclic) bond motifs is 1. The highest BCUT2D eigenvalue weighted by Gasteiger charge is 2.31. The number of nitrogens with one attached hydrogen (secondary N) is 2. The molecule has 0 saturated carbocycles. The van der Waals surface area contributed by atoms with E-state index in [1.165, 1.54) is 6.26 Å². The predicted molar refractivity (Wildman–Crippen MR) is 138 cm³/mol. The molecule has 2 aromatic heterocycles. The van der Waals surface area contributed by atoms with Crippen molar-refractivity contribution in [3.8, 4) is 0 Å². The lowest BCUT2D eigenvalue weighted by atomic mass is 9.91. The number of carbonyl (C=O) groups excluding carboxylic acids is 1. The number of piperidine rings is 1. The van der Waals surface area contributed by atoms with Gasteiger partial charge in [-0.3, -0.25) is 9.59 Å². The van der Waals surface area contributed by atoms with E-state index >= 15 is 0 Å². The molecule has 35 heavy (non-hydrogen) atoms. The van der Waals surface area contributed by atoms with Gasteiger partial charge in [0.1, 0.15) is 0 Å². The van der Waals surface area contributed by atoms with E-state index in [9.17, 15) is 18.0 Å². The van der Waals surface area contributed by atoms with Crippen LogP contribution in [-0.2, 0) is 16.6 Å². The van der Waals surface area contributed by atoms with Crippen LogP contribution in [0.1, 0.15) is 58.7 Å². The molecule has 1 aliphatic rings. The van der Waals surface area contributed by atoms with Gasteiger partial charge in [0.05, 0.1) is 11.8 Å². The third kappa shape index (κ3) is 4.92. The van der Waals surface area contributed by atoms with E-state index < -0.39 is 10.0 Å². The van der Waals surface area contributed by atoms with E-state index in [-0.39, 0.29) is 24.1 Å². The number of amides is 1. The van der Waals surface area contributed by atoms with Gasteiger partial charge in [-0.05, 0) is 64.2 Å². The molecule has 3 heterocycles. The van der Waals surface area contributed by atoms with Crippen LogP contribution in [0.15, 0.2) is 35.1 Å². The van der Waals surface area contributed by atoms with Crippen molar-refractivity contribution >= 4 is 26.8 Å². The summed E-state index contributed by atoms with van der Waals surface area (Å²) in [4.78, 5) is 28.6. The molecule has 0 radical (unpaired) electrons. The number of para-hydroxylation sites is 1. The monoisotopic (exact) mass is 498 g/mol. The Kier molecular flexibility index (Phi) is 6.92. The molecule has 0 bridgehead atoms. The van der Waals surface area contributed by atoms with Crippen LogP contribution in [0, 0.1) is 26.7 Å². The number of benzene rings is 1. The number of aromatic amines is 1. The first-order valence-electron chi connectivity index (χ1n) is 12.0. The van der Waals surface area contributed by atoms with Crippen LogP contribution in [0.4, 0.5) is 0 Å². The molecular formula is C26H34N4O4S. The van der Waals surface area contributed by atoms with Crippen LogP contribution in [0.3, 0.4) is 0 Å². The molecule has 1 unspecified atom stereocenters. The maximum atomic E-state index is 13.4. The number of aryl methyl sites for hydroxylation is 2. The summed E-state index contributed by atoms with van der Waals surface area (Å²) >= 11 is 0. The molecule has 1 atom stereocenters. The van der Waals surface area contributed by atoms with Crippen LogP contribution < -0.4 is 10.9 Å². The Balaban J connectivity index is 1.62. The van der Waals surface area contributed by atoms with Crippen molar-refractivity contribution in [2.75, 3.05) is 19.3 Å². The number of pyridine rings is 1. The molecule has 2 N–H and O–H groups in total. The first-order chi connectivity index (χ1) is 16.5. The number of sulfonamides is 1. The highest BCUT2D eigenvalue weighted by Crippen LogP contribution is 2.36. The maximum absolute atomic E-state index is 13.4. The fourth-order valence-electron chi connectivity index (χ4n) is 5.46. The second-order valence-corrected chi connectivity index (χ2v) is 11.7. The average Bonchev–Trinajstić information content (AvgIpc) is 3.09. The summed E-state index contributed by atoms with van der Waals surface area (Å²) in [5.41, 5.74) is 4.47. The summed E-state index contributed by atoms with van der Waals surface area (Å²) in [6.07, 6.45) is 2.81. The zero-order valence-corrected chi connectivity index (χ0v) is 21.8. The molecule has 1 fully saturated rings. The highest BCUT2D eigenvalue weighted by molar-refractivity contribution is 7.88. The number of hydrogen-bond acceptors (Lipinski definition) is 4. The van der Waals surface area contributed by atoms with E-state index in [4.69, 9.17) is 0 Å². The van der Waals surface area contributed by atoms with Gasteiger partial charge < -0.3 is 14.9 Å². The van der Waals surface area contributed by atoms with Crippen LogP contribution >= 0.6 is 0 Å². The molecule has 9 heteroatoms. The quantitative estimate of drug-likeness (QED) is 0.543. The van der Waals surface area contributed by atoms with Crippen molar-refractivity contribution in [3.05, 3.63) is 68.8 Å². The van der Waals surface area contributed by atoms with E-state index in [1.54, 1.807) is 4.31 Å². The molecule has 8 nitrogen and oxygen atoms in total. The molecule has 1 aliphatic heterocycles. The summed E-state index contributed by atoms with van der Waals surface area (Å²) < 4.78 is 27.6. The van der Waals surface area contributed by atoms with Gasteiger partial charge in [-0.2, -0.15) is 0 Å². The fourth-order valence-corrected chi connectivity index (χ4v) is 6.34. The Morgan fingerprint density at radius 2 is 1.83 bits per heavy atom. The van der Waals surface area contributed by atoms with Crippen LogP contribution in [-0.4, -0.2) is 47.5 Å². The lowest BCUT2D eigenvalue weighted by Crippen LogP contribution is -2.39. The van der Waals surface area contributed by atoms with Gasteiger partial charge in [-0.15, -0.1) is 0 Å². The van der Waals surface area contributed by atoms with Gasteiger partial charge in [-0.25, -0.2) is 12.7 Å². The number of hydrogen-bond donors (Lipinski definition) is 2. The van der Waals surface area contributed by atoms with Gasteiger partial charge in [0, 0.05) is 53.5 Å². The minimum atomic E-state index is -3.18. The van der Waals surface area contributed by atoms with Crippen LogP contribution in [0.25, 0.3) is 10.9 Å². The highest BCUT2D eigenvalue weighted by atomic mass is 32.2. The zero-order chi connectivity index (χ0) is 25.5. The largest absolute Gasteiger partial charge is 0.348 e. The molecule has 1 amide bonds. The average molecular weight is 499 g/mol. The van der Waals surface area contributed by atoms with E-state index in [0.29, 0.717) is 30.1 Å². The summed E-state index contributed by atoms with van der Waals surface area (Å²) in [6.45, 7) is 9.00. The minimum Gasteiger partial charge on any atom is -0.348 e. The Morgan fingerprint density at radius 3 is 2.46 bits per heavy atom. The predicted octanol–water partition coefficient (Wildman–Crippen LogP) is 3.42. The molecule has 0 aliphatic carbocycles. The maximum Gasteiger partial charge on any atom is 0.254 e. The third-order valence-electron chi connectivity index (χ3n) is 7.36. The number of H-pyrrole nitrogens is 1. The minimum absolute atomic E-state index is 0.102. The van der Waals surface area contributed by atoms with Crippen molar-refractivity contribution in [2.45, 2.75) is 53.1 Å². The van der Waals surface area contributed by atoms with Crippen molar-refractivity contribution < 1.29 is 13.2 Å². The Morgan fingerprint density at radius 1 is 1.17 bits per heavy atom. The third-order valence-corrected chi connectivity index (χ3v) is 8.66. The molecule has 0 spiro atoms. The molecule has 3 aromatic rings. The summed E-state index contributed by atoms with van der Waals surface area (Å²) in [5.74, 6) is 0.0862. The Bertz CT molecular complexity index is 1430. The van der Waals surface area contributed by atoms with Crippen molar-refractivity contribution in [2.24, 2.45) is 5.92 Å². The second kappa shape index (κ2) is 9.62. The molecule has 188 valence electrons. The SMILES string of the molecule is Cc1cc(C)c(CNC(=O)c2c(C)n(C(C)C3CCN(S(C)(=O)=O)CC3)c3ccccc23)c(=O)[nH]1. The lowest BCUT2D eigenvalue weighted by molar-refractivity contribution is 0.0951. The number of carbonyl (C=O) groups is 1. The second-order valence-electron chi connectivity index (χ2n) is 9.71.